The molecule has 2 nitrogen and oxygen atoms in total. The van der Waals surface area contributed by atoms with Gasteiger partial charge in [-0.3, -0.25) is 0 Å². The van der Waals surface area contributed by atoms with Crippen molar-refractivity contribution in [1.29, 1.82) is 0 Å². The fourth-order valence-electron chi connectivity index (χ4n) is 1.57. The second-order valence-corrected chi connectivity index (χ2v) is 4.25. The number of hydrogen-bond acceptors (Lipinski definition) is 3. The van der Waals surface area contributed by atoms with Gasteiger partial charge in [-0.1, -0.05) is 12.1 Å². The van der Waals surface area contributed by atoms with E-state index in [1.807, 2.05) is 6.92 Å². The number of benzene rings is 1. The molecule has 1 aliphatic heterocycles. The lowest BCUT2D eigenvalue weighted by Crippen LogP contribution is -2.22. The standard InChI is InChI=1S/C11H14O2S/c1-11(12-7-8-13-11)9-3-5-10(14-2)6-4-9/h3-6H,7-8H2,1-2H3. The highest BCUT2D eigenvalue weighted by molar-refractivity contribution is 7.98. The summed E-state index contributed by atoms with van der Waals surface area (Å²) in [7, 11) is 0. The molecule has 0 spiro atoms. The normalized spacial score (nSPS) is 19.9. The van der Waals surface area contributed by atoms with Crippen LogP contribution in [0.1, 0.15) is 12.5 Å². The minimum Gasteiger partial charge on any atom is -0.344 e. The molecule has 0 atom stereocenters. The quantitative estimate of drug-likeness (QED) is 0.699. The molecule has 76 valence electrons. The first-order valence-corrected chi connectivity index (χ1v) is 5.89. The molecule has 0 aliphatic carbocycles. The van der Waals surface area contributed by atoms with Crippen molar-refractivity contribution < 1.29 is 9.47 Å². The fraction of sp³-hybridized carbons (Fsp3) is 0.455. The summed E-state index contributed by atoms with van der Waals surface area (Å²) in [5.74, 6) is -0.531. The molecule has 14 heavy (non-hydrogen) atoms. The predicted molar refractivity (Wildman–Crippen MR) is 57.5 cm³/mol. The summed E-state index contributed by atoms with van der Waals surface area (Å²) in [4.78, 5) is 1.26. The lowest BCUT2D eigenvalue weighted by molar-refractivity contribution is -0.149. The van der Waals surface area contributed by atoms with Gasteiger partial charge in [0.15, 0.2) is 5.79 Å². The Hall–Kier alpha value is -0.510. The molecule has 0 bridgehead atoms. The van der Waals surface area contributed by atoms with Crippen LogP contribution in [0.5, 0.6) is 0 Å². The van der Waals surface area contributed by atoms with E-state index in [4.69, 9.17) is 9.47 Å². The molecule has 0 radical (unpaired) electrons. The van der Waals surface area contributed by atoms with Gasteiger partial charge < -0.3 is 9.47 Å². The average molecular weight is 210 g/mol. The molecule has 3 heteroatoms. The molecule has 1 aliphatic rings. The Morgan fingerprint density at radius 1 is 1.14 bits per heavy atom. The maximum Gasteiger partial charge on any atom is 0.192 e. The number of ether oxygens (including phenoxy) is 2. The van der Waals surface area contributed by atoms with E-state index >= 15 is 0 Å². The summed E-state index contributed by atoms with van der Waals surface area (Å²) in [5, 5.41) is 0. The van der Waals surface area contributed by atoms with Crippen LogP contribution in [0.4, 0.5) is 0 Å². The lowest BCUT2D eigenvalue weighted by atomic mass is 10.1. The van der Waals surface area contributed by atoms with Crippen molar-refractivity contribution in [3.05, 3.63) is 29.8 Å². The molecular formula is C11H14O2S. The summed E-state index contributed by atoms with van der Waals surface area (Å²) in [5.41, 5.74) is 1.09. The SMILES string of the molecule is CSc1ccc(C2(C)OCCO2)cc1. The van der Waals surface area contributed by atoms with Gasteiger partial charge in [-0.25, -0.2) is 0 Å². The average Bonchev–Trinajstić information content (AvgIpc) is 2.67. The summed E-state index contributed by atoms with van der Waals surface area (Å²) in [6.07, 6.45) is 2.07. The Labute approximate surface area is 88.6 Å². The molecule has 1 aromatic rings. The number of hydrogen-bond donors (Lipinski definition) is 0. The van der Waals surface area contributed by atoms with Gasteiger partial charge in [-0.15, -0.1) is 11.8 Å². The molecule has 1 aromatic carbocycles. The van der Waals surface area contributed by atoms with Crippen LogP contribution in [0.2, 0.25) is 0 Å². The molecule has 0 aromatic heterocycles. The largest absolute Gasteiger partial charge is 0.344 e. The maximum atomic E-state index is 5.57. The predicted octanol–water partition coefficient (Wildman–Crippen LogP) is 2.63. The van der Waals surface area contributed by atoms with Crippen LogP contribution >= 0.6 is 11.8 Å². The minimum atomic E-state index is -0.531. The smallest absolute Gasteiger partial charge is 0.192 e. The fourth-order valence-corrected chi connectivity index (χ4v) is 1.98. The highest BCUT2D eigenvalue weighted by atomic mass is 32.2. The molecule has 2 rings (SSSR count). The van der Waals surface area contributed by atoms with E-state index in [0.717, 1.165) is 5.56 Å². The van der Waals surface area contributed by atoms with Gasteiger partial charge in [0.05, 0.1) is 13.2 Å². The Balaban J connectivity index is 2.23. The monoisotopic (exact) mass is 210 g/mol. The van der Waals surface area contributed by atoms with E-state index in [0.29, 0.717) is 13.2 Å². The van der Waals surface area contributed by atoms with Crippen LogP contribution in [0.3, 0.4) is 0 Å². The summed E-state index contributed by atoms with van der Waals surface area (Å²) in [6, 6.07) is 8.32. The molecule has 0 saturated carbocycles. The third kappa shape index (κ3) is 1.80. The van der Waals surface area contributed by atoms with Crippen LogP contribution in [0.25, 0.3) is 0 Å². The lowest BCUT2D eigenvalue weighted by Gasteiger charge is -2.22. The highest BCUT2D eigenvalue weighted by Crippen LogP contribution is 2.31. The van der Waals surface area contributed by atoms with Gasteiger partial charge in [0.1, 0.15) is 0 Å². The minimum absolute atomic E-state index is 0.531. The van der Waals surface area contributed by atoms with E-state index < -0.39 is 5.79 Å². The zero-order chi connectivity index (χ0) is 10.0. The molecule has 0 amide bonds. The van der Waals surface area contributed by atoms with Crippen molar-refractivity contribution in [2.24, 2.45) is 0 Å². The van der Waals surface area contributed by atoms with E-state index in [9.17, 15) is 0 Å². The molecule has 1 heterocycles. The van der Waals surface area contributed by atoms with Crippen LogP contribution in [0, 0.1) is 0 Å². The van der Waals surface area contributed by atoms with Crippen molar-refractivity contribution in [1.82, 2.24) is 0 Å². The Morgan fingerprint density at radius 3 is 2.21 bits per heavy atom. The third-order valence-corrected chi connectivity index (χ3v) is 3.20. The summed E-state index contributed by atoms with van der Waals surface area (Å²) < 4.78 is 11.1. The van der Waals surface area contributed by atoms with Crippen molar-refractivity contribution in [2.75, 3.05) is 19.5 Å². The van der Waals surface area contributed by atoms with E-state index in [1.165, 1.54) is 4.90 Å². The number of rotatable bonds is 2. The van der Waals surface area contributed by atoms with Gasteiger partial charge in [0.25, 0.3) is 0 Å². The van der Waals surface area contributed by atoms with Gasteiger partial charge >= 0.3 is 0 Å². The molecule has 1 fully saturated rings. The van der Waals surface area contributed by atoms with Crippen LogP contribution < -0.4 is 0 Å². The van der Waals surface area contributed by atoms with Crippen molar-refractivity contribution >= 4 is 11.8 Å². The number of thioether (sulfide) groups is 1. The second-order valence-electron chi connectivity index (χ2n) is 3.37. The van der Waals surface area contributed by atoms with E-state index in [2.05, 4.69) is 30.5 Å². The van der Waals surface area contributed by atoms with Crippen molar-refractivity contribution in [3.8, 4) is 0 Å². The zero-order valence-corrected chi connectivity index (χ0v) is 9.26. The third-order valence-electron chi connectivity index (χ3n) is 2.45. The topological polar surface area (TPSA) is 18.5 Å². The first-order chi connectivity index (χ1) is 6.74. The van der Waals surface area contributed by atoms with Crippen LogP contribution in [0.15, 0.2) is 29.2 Å². The Bertz CT molecular complexity index is 302. The maximum absolute atomic E-state index is 5.57. The second kappa shape index (κ2) is 3.93. The first-order valence-electron chi connectivity index (χ1n) is 4.67. The van der Waals surface area contributed by atoms with Crippen LogP contribution in [-0.4, -0.2) is 19.5 Å². The van der Waals surface area contributed by atoms with Gasteiger partial charge in [0, 0.05) is 10.5 Å². The summed E-state index contributed by atoms with van der Waals surface area (Å²) in [6.45, 7) is 3.33. The molecular weight excluding hydrogens is 196 g/mol. The first kappa shape index (κ1) is 10.0. The van der Waals surface area contributed by atoms with Crippen LogP contribution in [-0.2, 0) is 15.3 Å². The Morgan fingerprint density at radius 2 is 1.71 bits per heavy atom. The zero-order valence-electron chi connectivity index (χ0n) is 8.45. The summed E-state index contributed by atoms with van der Waals surface area (Å²) >= 11 is 1.74. The Kier molecular flexibility index (Phi) is 2.81. The molecule has 1 saturated heterocycles. The van der Waals surface area contributed by atoms with Crippen molar-refractivity contribution in [3.63, 3.8) is 0 Å². The van der Waals surface area contributed by atoms with E-state index in [1.54, 1.807) is 11.8 Å². The van der Waals surface area contributed by atoms with E-state index in [-0.39, 0.29) is 0 Å². The van der Waals surface area contributed by atoms with Gasteiger partial charge in [-0.2, -0.15) is 0 Å². The van der Waals surface area contributed by atoms with Gasteiger partial charge in [-0.05, 0) is 25.3 Å². The highest BCUT2D eigenvalue weighted by Gasteiger charge is 2.32. The molecule has 0 N–H and O–H groups in total. The van der Waals surface area contributed by atoms with Crippen molar-refractivity contribution in [2.45, 2.75) is 17.6 Å². The van der Waals surface area contributed by atoms with Gasteiger partial charge in [0.2, 0.25) is 0 Å². The molecule has 0 unspecified atom stereocenters.